The number of benzene rings is 1. The van der Waals surface area contributed by atoms with Crippen molar-refractivity contribution in [3.63, 3.8) is 0 Å². The number of halogens is 1. The number of hydrogen-bond acceptors (Lipinski definition) is 7. The number of esters is 2. The zero-order chi connectivity index (χ0) is 20.9. The summed E-state index contributed by atoms with van der Waals surface area (Å²) in [4.78, 5) is 27.6. The number of sulfonamides is 1. The molecule has 0 aliphatic carbocycles. The summed E-state index contributed by atoms with van der Waals surface area (Å²) in [5.74, 6) is -1.73. The molecule has 10 heteroatoms. The SMILES string of the molecule is COC(=O)Cc1cc(C)ccc1NS(=O)(=O)Cc1nc(Br)ccc1C(=O)OC. The van der Waals surface area contributed by atoms with Crippen molar-refractivity contribution in [3.05, 3.63) is 57.3 Å². The number of methoxy groups -OCH3 is 2. The fraction of sp³-hybridized carbons (Fsp3) is 0.278. The Morgan fingerprint density at radius 3 is 2.50 bits per heavy atom. The van der Waals surface area contributed by atoms with E-state index >= 15 is 0 Å². The van der Waals surface area contributed by atoms with Gasteiger partial charge in [-0.05, 0) is 46.6 Å². The standard InChI is InChI=1S/C18H19BrN2O6S/c1-11-4-6-14(12(8-11)9-17(22)26-2)21-28(24,25)10-15-13(18(23)27-3)5-7-16(19)20-15/h4-8,21H,9-10H2,1-3H3. The van der Waals surface area contributed by atoms with Crippen LogP contribution in [-0.2, 0) is 36.5 Å². The van der Waals surface area contributed by atoms with Gasteiger partial charge in [0, 0.05) is 0 Å². The molecule has 0 amide bonds. The van der Waals surface area contributed by atoms with Crippen LogP contribution < -0.4 is 4.72 Å². The maximum atomic E-state index is 12.7. The second kappa shape index (κ2) is 9.16. The molecule has 150 valence electrons. The van der Waals surface area contributed by atoms with Crippen molar-refractivity contribution in [1.29, 1.82) is 0 Å². The van der Waals surface area contributed by atoms with Crippen molar-refractivity contribution in [2.75, 3.05) is 18.9 Å². The third-order valence-electron chi connectivity index (χ3n) is 3.76. The Morgan fingerprint density at radius 2 is 1.86 bits per heavy atom. The molecule has 0 atom stereocenters. The normalized spacial score (nSPS) is 11.0. The van der Waals surface area contributed by atoms with Gasteiger partial charge in [0.15, 0.2) is 0 Å². The summed E-state index contributed by atoms with van der Waals surface area (Å²) in [5.41, 5.74) is 1.69. The van der Waals surface area contributed by atoms with Crippen molar-refractivity contribution in [2.24, 2.45) is 0 Å². The van der Waals surface area contributed by atoms with E-state index in [1.165, 1.54) is 26.4 Å². The zero-order valence-electron chi connectivity index (χ0n) is 15.5. The number of rotatable bonds is 7. The average Bonchev–Trinajstić information content (AvgIpc) is 2.63. The average molecular weight is 471 g/mol. The quantitative estimate of drug-likeness (QED) is 0.488. The lowest BCUT2D eigenvalue weighted by Crippen LogP contribution is -2.20. The Bertz CT molecular complexity index is 1010. The van der Waals surface area contributed by atoms with Crippen LogP contribution in [0.3, 0.4) is 0 Å². The highest BCUT2D eigenvalue weighted by Crippen LogP contribution is 2.22. The van der Waals surface area contributed by atoms with E-state index in [1.54, 1.807) is 18.2 Å². The maximum absolute atomic E-state index is 12.7. The molecule has 1 aromatic carbocycles. The van der Waals surface area contributed by atoms with Gasteiger partial charge in [-0.1, -0.05) is 17.7 Å². The van der Waals surface area contributed by atoms with Gasteiger partial charge >= 0.3 is 11.9 Å². The molecule has 0 fully saturated rings. The molecule has 8 nitrogen and oxygen atoms in total. The first-order chi connectivity index (χ1) is 13.1. The van der Waals surface area contributed by atoms with Crippen LogP contribution in [0.1, 0.15) is 27.2 Å². The van der Waals surface area contributed by atoms with E-state index in [-0.39, 0.29) is 23.4 Å². The first kappa shape index (κ1) is 21.8. The second-order valence-electron chi connectivity index (χ2n) is 5.89. The highest BCUT2D eigenvalue weighted by molar-refractivity contribution is 9.10. The third-order valence-corrected chi connectivity index (χ3v) is 5.39. The Hall–Kier alpha value is -2.46. The van der Waals surface area contributed by atoms with E-state index < -0.39 is 27.7 Å². The molecule has 0 aliphatic rings. The minimum absolute atomic E-state index is 0.0374. The summed E-state index contributed by atoms with van der Waals surface area (Å²) in [7, 11) is -1.48. The number of ether oxygens (including phenoxy) is 2. The number of aromatic nitrogens is 1. The first-order valence-corrected chi connectivity index (χ1v) is 10.5. The van der Waals surface area contributed by atoms with Gasteiger partial charge in [0.05, 0.1) is 37.6 Å². The molecule has 0 radical (unpaired) electrons. The van der Waals surface area contributed by atoms with E-state index in [1.807, 2.05) is 6.92 Å². The molecule has 1 heterocycles. The van der Waals surface area contributed by atoms with E-state index in [4.69, 9.17) is 0 Å². The lowest BCUT2D eigenvalue weighted by molar-refractivity contribution is -0.139. The molecule has 2 aromatic rings. The number of nitrogens with zero attached hydrogens (tertiary/aromatic N) is 1. The molecular weight excluding hydrogens is 452 g/mol. The van der Waals surface area contributed by atoms with Gasteiger partial charge in [-0.3, -0.25) is 9.52 Å². The molecule has 0 saturated carbocycles. The van der Waals surface area contributed by atoms with Gasteiger partial charge in [-0.15, -0.1) is 0 Å². The number of nitrogens with one attached hydrogen (secondary N) is 1. The Balaban J connectivity index is 2.34. The summed E-state index contributed by atoms with van der Waals surface area (Å²) >= 11 is 3.17. The number of carbonyl (C=O) groups excluding carboxylic acids is 2. The van der Waals surface area contributed by atoms with E-state index in [2.05, 4.69) is 35.1 Å². The smallest absolute Gasteiger partial charge is 0.339 e. The van der Waals surface area contributed by atoms with Crippen LogP contribution in [0.4, 0.5) is 5.69 Å². The summed E-state index contributed by atoms with van der Waals surface area (Å²) in [5, 5.41) is 0. The van der Waals surface area contributed by atoms with Gasteiger partial charge in [-0.2, -0.15) is 0 Å². The summed E-state index contributed by atoms with van der Waals surface area (Å²) in [6.07, 6.45) is -0.0847. The number of anilines is 1. The molecular formula is C18H19BrN2O6S. The minimum Gasteiger partial charge on any atom is -0.469 e. The van der Waals surface area contributed by atoms with Gasteiger partial charge < -0.3 is 9.47 Å². The maximum Gasteiger partial charge on any atom is 0.339 e. The molecule has 0 bridgehead atoms. The van der Waals surface area contributed by atoms with Crippen LogP contribution in [-0.4, -0.2) is 39.6 Å². The third kappa shape index (κ3) is 5.77. The number of carbonyl (C=O) groups is 2. The Labute approximate surface area is 171 Å². The lowest BCUT2D eigenvalue weighted by Gasteiger charge is -2.14. The van der Waals surface area contributed by atoms with Crippen LogP contribution in [0.25, 0.3) is 0 Å². The molecule has 0 aliphatic heterocycles. The summed E-state index contributed by atoms with van der Waals surface area (Å²) in [6.45, 7) is 1.83. The van der Waals surface area contributed by atoms with Crippen LogP contribution in [0.2, 0.25) is 0 Å². The molecule has 0 saturated heterocycles. The molecule has 2 rings (SSSR count). The number of hydrogen-bond donors (Lipinski definition) is 1. The Kier molecular flexibility index (Phi) is 7.14. The fourth-order valence-corrected chi connectivity index (χ4v) is 3.99. The largest absolute Gasteiger partial charge is 0.469 e. The van der Waals surface area contributed by atoms with Crippen LogP contribution >= 0.6 is 15.9 Å². The van der Waals surface area contributed by atoms with E-state index in [0.717, 1.165) is 5.56 Å². The van der Waals surface area contributed by atoms with Gasteiger partial charge in [0.2, 0.25) is 10.0 Å². The zero-order valence-corrected chi connectivity index (χ0v) is 17.9. The number of pyridine rings is 1. The highest BCUT2D eigenvalue weighted by atomic mass is 79.9. The van der Waals surface area contributed by atoms with Crippen molar-refractivity contribution in [2.45, 2.75) is 19.1 Å². The predicted octanol–water partition coefficient (Wildman–Crippen LogP) is 2.60. The van der Waals surface area contributed by atoms with Gasteiger partial charge in [0.25, 0.3) is 0 Å². The first-order valence-electron chi connectivity index (χ1n) is 8.05. The molecule has 1 aromatic heterocycles. The van der Waals surface area contributed by atoms with E-state index in [9.17, 15) is 18.0 Å². The Morgan fingerprint density at radius 1 is 1.14 bits per heavy atom. The molecule has 1 N–H and O–H groups in total. The second-order valence-corrected chi connectivity index (χ2v) is 8.43. The summed E-state index contributed by atoms with van der Waals surface area (Å²) in [6, 6.07) is 7.94. The predicted molar refractivity (Wildman–Crippen MR) is 106 cm³/mol. The van der Waals surface area contributed by atoms with Crippen molar-refractivity contribution < 1.29 is 27.5 Å². The topological polar surface area (TPSA) is 112 Å². The van der Waals surface area contributed by atoms with Crippen LogP contribution in [0, 0.1) is 6.92 Å². The number of aryl methyl sites for hydroxylation is 1. The van der Waals surface area contributed by atoms with Crippen LogP contribution in [0.5, 0.6) is 0 Å². The van der Waals surface area contributed by atoms with Crippen LogP contribution in [0.15, 0.2) is 34.9 Å². The van der Waals surface area contributed by atoms with Crippen molar-refractivity contribution in [1.82, 2.24) is 4.98 Å². The molecule has 0 unspecified atom stereocenters. The monoisotopic (exact) mass is 470 g/mol. The van der Waals surface area contributed by atoms with E-state index in [0.29, 0.717) is 10.2 Å². The molecule has 28 heavy (non-hydrogen) atoms. The van der Waals surface area contributed by atoms with Gasteiger partial charge in [-0.25, -0.2) is 18.2 Å². The lowest BCUT2D eigenvalue weighted by atomic mass is 10.1. The van der Waals surface area contributed by atoms with Gasteiger partial charge in [0.1, 0.15) is 10.4 Å². The minimum atomic E-state index is -3.94. The fourth-order valence-electron chi connectivity index (χ4n) is 2.46. The summed E-state index contributed by atoms with van der Waals surface area (Å²) < 4.78 is 37.6. The molecule has 0 spiro atoms. The van der Waals surface area contributed by atoms with Crippen molar-refractivity contribution >= 4 is 43.6 Å². The highest BCUT2D eigenvalue weighted by Gasteiger charge is 2.22. The van der Waals surface area contributed by atoms with Crippen molar-refractivity contribution in [3.8, 4) is 0 Å².